The highest BCUT2D eigenvalue weighted by molar-refractivity contribution is 5.91. The predicted molar refractivity (Wildman–Crippen MR) is 60.5 cm³/mol. The van der Waals surface area contributed by atoms with Crippen LogP contribution in [0.4, 0.5) is 15.8 Å². The van der Waals surface area contributed by atoms with Gasteiger partial charge in [-0.3, -0.25) is 14.9 Å². The average Bonchev–Trinajstić information content (AvgIpc) is 2.31. The molecule has 1 aromatic rings. The van der Waals surface area contributed by atoms with Gasteiger partial charge in [-0.2, -0.15) is 0 Å². The van der Waals surface area contributed by atoms with Gasteiger partial charge in [-0.25, -0.2) is 4.39 Å². The Kier molecular flexibility index (Phi) is 4.92. The van der Waals surface area contributed by atoms with Crippen molar-refractivity contribution < 1.29 is 24.0 Å². The Morgan fingerprint density at radius 2 is 2.00 bits per heavy atom. The van der Waals surface area contributed by atoms with Crippen molar-refractivity contribution in [1.82, 2.24) is 0 Å². The molecule has 0 heterocycles. The number of carbonyl (C=O) groups excluding carboxylic acids is 2. The highest BCUT2D eigenvalue weighted by atomic mass is 19.1. The largest absolute Gasteiger partial charge is 0.550 e. The van der Waals surface area contributed by atoms with Crippen LogP contribution in [-0.2, 0) is 9.59 Å². The third kappa shape index (κ3) is 4.70. The van der Waals surface area contributed by atoms with Gasteiger partial charge in [0.1, 0.15) is 5.82 Å². The molecule has 0 aliphatic carbocycles. The van der Waals surface area contributed by atoms with Crippen LogP contribution in [0.2, 0.25) is 0 Å². The quantitative estimate of drug-likeness (QED) is 0.600. The molecule has 0 aliphatic rings. The Morgan fingerprint density at radius 1 is 1.32 bits per heavy atom. The van der Waals surface area contributed by atoms with Crippen molar-refractivity contribution >= 4 is 23.3 Å². The number of carbonyl (C=O) groups is 2. The highest BCUT2D eigenvalue weighted by Gasteiger charge is 2.12. The maximum atomic E-state index is 13.3. The number of carboxylic acids is 1. The zero-order valence-electron chi connectivity index (χ0n) is 9.72. The number of amides is 1. The first-order valence-corrected chi connectivity index (χ1v) is 5.34. The van der Waals surface area contributed by atoms with Crippen LogP contribution in [0.5, 0.6) is 0 Å². The molecule has 0 atom stereocenters. The van der Waals surface area contributed by atoms with Crippen LogP contribution in [0.1, 0.15) is 19.3 Å². The number of nitrogens with one attached hydrogen (secondary N) is 1. The molecule has 0 aliphatic heterocycles. The van der Waals surface area contributed by atoms with Crippen molar-refractivity contribution in [2.45, 2.75) is 19.3 Å². The van der Waals surface area contributed by atoms with Gasteiger partial charge in [0.25, 0.3) is 5.69 Å². The number of non-ortho nitro benzene ring substituents is 1. The Labute approximate surface area is 107 Å². The van der Waals surface area contributed by atoms with Crippen molar-refractivity contribution in [3.8, 4) is 0 Å². The maximum absolute atomic E-state index is 13.3. The summed E-state index contributed by atoms with van der Waals surface area (Å²) in [4.78, 5) is 31.3. The van der Waals surface area contributed by atoms with Crippen LogP contribution in [0.15, 0.2) is 18.2 Å². The molecule has 0 aromatic heterocycles. The van der Waals surface area contributed by atoms with Crippen molar-refractivity contribution in [3.63, 3.8) is 0 Å². The van der Waals surface area contributed by atoms with Crippen LogP contribution >= 0.6 is 0 Å². The fraction of sp³-hybridized carbons (Fsp3) is 0.273. The van der Waals surface area contributed by atoms with E-state index in [4.69, 9.17) is 0 Å². The highest BCUT2D eigenvalue weighted by Crippen LogP contribution is 2.21. The molecule has 0 spiro atoms. The van der Waals surface area contributed by atoms with E-state index in [1.54, 1.807) is 0 Å². The molecule has 19 heavy (non-hydrogen) atoms. The number of halogens is 1. The number of rotatable bonds is 6. The molecule has 0 fully saturated rings. The van der Waals surface area contributed by atoms with Gasteiger partial charge in [-0.15, -0.1) is 0 Å². The molecule has 1 N–H and O–H groups in total. The first kappa shape index (κ1) is 14.6. The first-order chi connectivity index (χ1) is 8.90. The van der Waals surface area contributed by atoms with Gasteiger partial charge in [-0.05, 0) is 18.9 Å². The van der Waals surface area contributed by atoms with Crippen molar-refractivity contribution in [1.29, 1.82) is 0 Å². The van der Waals surface area contributed by atoms with E-state index in [0.29, 0.717) is 0 Å². The lowest BCUT2D eigenvalue weighted by molar-refractivity contribution is -0.384. The van der Waals surface area contributed by atoms with E-state index in [1.165, 1.54) is 0 Å². The third-order valence-corrected chi connectivity index (χ3v) is 2.22. The lowest BCUT2D eigenvalue weighted by Crippen LogP contribution is -2.22. The summed E-state index contributed by atoms with van der Waals surface area (Å²) in [5.41, 5.74) is -0.668. The summed E-state index contributed by atoms with van der Waals surface area (Å²) in [7, 11) is 0. The van der Waals surface area contributed by atoms with Gasteiger partial charge >= 0.3 is 0 Å². The Balaban J connectivity index is 2.65. The van der Waals surface area contributed by atoms with E-state index in [9.17, 15) is 29.2 Å². The molecule has 1 amide bonds. The van der Waals surface area contributed by atoms with Crippen LogP contribution in [0, 0.1) is 15.9 Å². The van der Waals surface area contributed by atoms with Crippen LogP contribution < -0.4 is 10.4 Å². The topological polar surface area (TPSA) is 112 Å². The van der Waals surface area contributed by atoms with Crippen LogP contribution in [-0.4, -0.2) is 16.8 Å². The molecule has 0 saturated heterocycles. The second-order valence-electron chi connectivity index (χ2n) is 3.69. The lowest BCUT2D eigenvalue weighted by atomic mass is 10.2. The maximum Gasteiger partial charge on any atom is 0.271 e. The monoisotopic (exact) mass is 269 g/mol. The Bertz CT molecular complexity index is 518. The Morgan fingerprint density at radius 3 is 2.58 bits per heavy atom. The summed E-state index contributed by atoms with van der Waals surface area (Å²) in [6, 6.07) is 2.74. The van der Waals surface area contributed by atoms with Gasteiger partial charge in [0.05, 0.1) is 10.6 Å². The smallest absolute Gasteiger partial charge is 0.271 e. The summed E-state index contributed by atoms with van der Waals surface area (Å²) >= 11 is 0. The summed E-state index contributed by atoms with van der Waals surface area (Å²) in [5, 5.41) is 22.8. The molecule has 1 aromatic carbocycles. The number of anilines is 1. The zero-order chi connectivity index (χ0) is 14.4. The van der Waals surface area contributed by atoms with E-state index >= 15 is 0 Å². The van der Waals surface area contributed by atoms with E-state index in [1.807, 2.05) is 0 Å². The minimum atomic E-state index is -1.28. The number of nitro groups is 1. The molecule has 102 valence electrons. The molecular weight excluding hydrogens is 259 g/mol. The van der Waals surface area contributed by atoms with Crippen LogP contribution in [0.3, 0.4) is 0 Å². The fourth-order valence-electron chi connectivity index (χ4n) is 1.33. The second-order valence-corrected chi connectivity index (χ2v) is 3.69. The standard InChI is InChI=1S/C11H11FN2O5/c12-8-5-4-7(14(18)19)6-9(8)13-10(15)2-1-3-11(16)17/h4-6H,1-3H2,(H,13,15)(H,16,17)/p-1. The minimum Gasteiger partial charge on any atom is -0.550 e. The normalized spacial score (nSPS) is 9.95. The summed E-state index contributed by atoms with van der Waals surface area (Å²) in [6.07, 6.45) is -0.383. The van der Waals surface area contributed by atoms with E-state index in [2.05, 4.69) is 5.32 Å². The number of aliphatic carboxylic acids is 1. The zero-order valence-corrected chi connectivity index (χ0v) is 9.72. The van der Waals surface area contributed by atoms with E-state index in [-0.39, 0.29) is 30.6 Å². The number of hydrogen-bond donors (Lipinski definition) is 1. The molecule has 0 saturated carbocycles. The number of carboxylic acid groups (broad SMARTS) is 1. The summed E-state index contributed by atoms with van der Waals surface area (Å²) < 4.78 is 13.3. The SMILES string of the molecule is O=C([O-])CCCC(=O)Nc1cc([N+](=O)[O-])ccc1F. The second kappa shape index (κ2) is 6.43. The molecule has 1 rings (SSSR count). The third-order valence-electron chi connectivity index (χ3n) is 2.22. The average molecular weight is 269 g/mol. The fourth-order valence-corrected chi connectivity index (χ4v) is 1.33. The van der Waals surface area contributed by atoms with Gasteiger partial charge < -0.3 is 15.2 Å². The molecule has 7 nitrogen and oxygen atoms in total. The minimum absolute atomic E-state index is 0.0463. The van der Waals surface area contributed by atoms with Gasteiger partial charge in [-0.1, -0.05) is 0 Å². The molecule has 0 radical (unpaired) electrons. The molecule has 0 unspecified atom stereocenters. The van der Waals surface area contributed by atoms with E-state index in [0.717, 1.165) is 18.2 Å². The van der Waals surface area contributed by atoms with Crippen LogP contribution in [0.25, 0.3) is 0 Å². The number of nitro benzene ring substituents is 1. The molecule has 0 bridgehead atoms. The predicted octanol–water partition coefficient (Wildman–Crippen LogP) is 0.593. The Hall–Kier alpha value is -2.51. The van der Waals surface area contributed by atoms with E-state index < -0.39 is 22.6 Å². The van der Waals surface area contributed by atoms with Crippen molar-refractivity contribution in [3.05, 3.63) is 34.1 Å². The lowest BCUT2D eigenvalue weighted by Gasteiger charge is -2.06. The summed E-state index contributed by atoms with van der Waals surface area (Å²) in [5.74, 6) is -2.71. The van der Waals surface area contributed by atoms with Gasteiger partial charge in [0, 0.05) is 24.5 Å². The molecular formula is C11H10FN2O5-. The van der Waals surface area contributed by atoms with Gasteiger partial charge in [0.2, 0.25) is 5.91 Å². The first-order valence-electron chi connectivity index (χ1n) is 5.34. The van der Waals surface area contributed by atoms with Crippen molar-refractivity contribution in [2.24, 2.45) is 0 Å². The number of hydrogen-bond acceptors (Lipinski definition) is 5. The van der Waals surface area contributed by atoms with Gasteiger partial charge in [0.15, 0.2) is 0 Å². The number of nitrogens with zero attached hydrogens (tertiary/aromatic N) is 1. The summed E-state index contributed by atoms with van der Waals surface area (Å²) in [6.45, 7) is 0. The number of benzene rings is 1. The van der Waals surface area contributed by atoms with Crippen molar-refractivity contribution in [2.75, 3.05) is 5.32 Å². The molecule has 8 heteroatoms.